The van der Waals surface area contributed by atoms with E-state index >= 15 is 0 Å². The van der Waals surface area contributed by atoms with Crippen molar-refractivity contribution in [2.75, 3.05) is 25.0 Å². The van der Waals surface area contributed by atoms with Crippen LogP contribution in [0.4, 0.5) is 9.80 Å². The molecule has 0 radical (unpaired) electrons. The van der Waals surface area contributed by atoms with Crippen molar-refractivity contribution in [3.63, 3.8) is 0 Å². The number of esters is 1. The van der Waals surface area contributed by atoms with Gasteiger partial charge >= 0.3 is 12.0 Å². The molecule has 2 aromatic rings. The Balaban J connectivity index is 1.58. The molecule has 0 aromatic carbocycles. The number of amides is 3. The second-order valence-corrected chi connectivity index (χ2v) is 10.0. The molecule has 3 amide bonds. The first-order valence-electron chi connectivity index (χ1n) is 12.1. The van der Waals surface area contributed by atoms with Gasteiger partial charge in [-0.2, -0.15) is 0 Å². The van der Waals surface area contributed by atoms with Crippen LogP contribution in [0.2, 0.25) is 0 Å². The Labute approximate surface area is 204 Å². The molecule has 2 aliphatic rings. The lowest BCUT2D eigenvalue weighted by atomic mass is 9.95. The topological polar surface area (TPSA) is 92.1 Å². The summed E-state index contributed by atoms with van der Waals surface area (Å²) in [6.45, 7) is 7.08. The number of furan rings is 1. The standard InChI is InChI=1S/C25H33N3O5S/c1-4-32-24(30)22-20-7-5-6-8-21(20)34-23(22)26-25(31)28(15-19-10-9-16(2)33-19)18-11-13-27(14-12-18)17(3)29/h9-10,18H,4-8,11-15H2,1-3H3,(H,26,31). The third kappa shape index (κ3) is 5.29. The Morgan fingerprint density at radius 1 is 1.21 bits per heavy atom. The molecular weight excluding hydrogens is 454 g/mol. The van der Waals surface area contributed by atoms with Gasteiger partial charge < -0.3 is 19.0 Å². The van der Waals surface area contributed by atoms with Gasteiger partial charge in [0.25, 0.3) is 0 Å². The number of carbonyl (C=O) groups is 3. The highest BCUT2D eigenvalue weighted by Gasteiger charge is 2.32. The number of anilines is 1. The minimum Gasteiger partial charge on any atom is -0.464 e. The number of piperidine rings is 1. The summed E-state index contributed by atoms with van der Waals surface area (Å²) >= 11 is 1.49. The average Bonchev–Trinajstić information content (AvgIpc) is 3.40. The lowest BCUT2D eigenvalue weighted by molar-refractivity contribution is -0.130. The van der Waals surface area contributed by atoms with Gasteiger partial charge in [-0.15, -0.1) is 11.3 Å². The Morgan fingerprint density at radius 2 is 1.94 bits per heavy atom. The Hall–Kier alpha value is -2.81. The normalized spacial score (nSPS) is 16.1. The van der Waals surface area contributed by atoms with Crippen LogP contribution in [0.1, 0.15) is 71.8 Å². The van der Waals surface area contributed by atoms with Gasteiger partial charge in [0, 0.05) is 30.9 Å². The zero-order valence-electron chi connectivity index (χ0n) is 20.1. The first kappa shape index (κ1) is 24.3. The lowest BCUT2D eigenvalue weighted by Gasteiger charge is -2.37. The SMILES string of the molecule is CCOC(=O)c1c(NC(=O)N(Cc2ccc(C)o2)C2CCN(C(C)=O)CC2)sc2c1CCCC2. The number of hydrogen-bond donors (Lipinski definition) is 1. The first-order valence-corrected chi connectivity index (χ1v) is 12.9. The van der Waals surface area contributed by atoms with Crippen LogP contribution >= 0.6 is 11.3 Å². The van der Waals surface area contributed by atoms with Gasteiger partial charge in [-0.3, -0.25) is 10.1 Å². The molecule has 8 nitrogen and oxygen atoms in total. The Kier molecular flexibility index (Phi) is 7.60. The maximum Gasteiger partial charge on any atom is 0.341 e. The van der Waals surface area contributed by atoms with Crippen molar-refractivity contribution >= 4 is 34.2 Å². The zero-order valence-corrected chi connectivity index (χ0v) is 21.0. The number of urea groups is 1. The molecule has 184 valence electrons. The van der Waals surface area contributed by atoms with E-state index in [1.165, 1.54) is 11.3 Å². The highest BCUT2D eigenvalue weighted by Crippen LogP contribution is 2.39. The molecule has 1 fully saturated rings. The first-order chi connectivity index (χ1) is 16.4. The molecule has 4 rings (SSSR count). The van der Waals surface area contributed by atoms with E-state index in [2.05, 4.69) is 5.32 Å². The van der Waals surface area contributed by atoms with Crippen molar-refractivity contribution in [1.82, 2.24) is 9.80 Å². The van der Waals surface area contributed by atoms with Gasteiger partial charge in [0.1, 0.15) is 16.5 Å². The van der Waals surface area contributed by atoms with E-state index in [4.69, 9.17) is 9.15 Å². The smallest absolute Gasteiger partial charge is 0.341 e. The number of nitrogens with one attached hydrogen (secondary N) is 1. The number of thiophene rings is 1. The molecule has 2 aromatic heterocycles. The average molecular weight is 488 g/mol. The van der Waals surface area contributed by atoms with Crippen molar-refractivity contribution in [2.24, 2.45) is 0 Å². The quantitative estimate of drug-likeness (QED) is 0.594. The molecule has 0 atom stereocenters. The zero-order chi connectivity index (χ0) is 24.2. The number of rotatable bonds is 6. The van der Waals surface area contributed by atoms with Gasteiger partial charge in [-0.25, -0.2) is 9.59 Å². The fourth-order valence-corrected chi connectivity index (χ4v) is 6.11. The summed E-state index contributed by atoms with van der Waals surface area (Å²) in [4.78, 5) is 43.0. The van der Waals surface area contributed by atoms with E-state index in [9.17, 15) is 14.4 Å². The predicted molar refractivity (Wildman–Crippen MR) is 130 cm³/mol. The van der Waals surface area contributed by atoms with Crippen LogP contribution in [0.5, 0.6) is 0 Å². The highest BCUT2D eigenvalue weighted by molar-refractivity contribution is 7.17. The number of carbonyl (C=O) groups excluding carboxylic acids is 3. The Morgan fingerprint density at radius 3 is 2.59 bits per heavy atom. The number of ether oxygens (including phenoxy) is 1. The number of fused-ring (bicyclic) bond motifs is 1. The number of likely N-dealkylation sites (tertiary alicyclic amines) is 1. The van der Waals surface area contributed by atoms with Gasteiger partial charge in [-0.1, -0.05) is 0 Å². The molecule has 0 spiro atoms. The summed E-state index contributed by atoms with van der Waals surface area (Å²) in [7, 11) is 0. The van der Waals surface area contributed by atoms with Gasteiger partial charge in [-0.05, 0) is 70.1 Å². The largest absolute Gasteiger partial charge is 0.464 e. The van der Waals surface area contributed by atoms with Crippen LogP contribution in [0, 0.1) is 6.92 Å². The van der Waals surface area contributed by atoms with Crippen LogP contribution in [-0.2, 0) is 28.9 Å². The fraction of sp³-hybridized carbons (Fsp3) is 0.560. The summed E-state index contributed by atoms with van der Waals surface area (Å²) in [5.74, 6) is 1.18. The molecule has 0 bridgehead atoms. The molecule has 0 unspecified atom stereocenters. The van der Waals surface area contributed by atoms with Crippen LogP contribution in [0.25, 0.3) is 0 Å². The molecule has 1 saturated heterocycles. The monoisotopic (exact) mass is 487 g/mol. The predicted octanol–water partition coefficient (Wildman–Crippen LogP) is 4.75. The summed E-state index contributed by atoms with van der Waals surface area (Å²) in [5, 5.41) is 3.61. The van der Waals surface area contributed by atoms with Crippen molar-refractivity contribution in [3.8, 4) is 0 Å². The van der Waals surface area contributed by atoms with E-state index in [0.717, 1.165) is 41.9 Å². The van der Waals surface area contributed by atoms with Crippen LogP contribution < -0.4 is 5.32 Å². The molecule has 34 heavy (non-hydrogen) atoms. The fourth-order valence-electron chi connectivity index (χ4n) is 4.84. The second-order valence-electron chi connectivity index (χ2n) is 8.94. The molecule has 0 saturated carbocycles. The number of hydrogen-bond acceptors (Lipinski definition) is 6. The third-order valence-electron chi connectivity index (χ3n) is 6.60. The second kappa shape index (κ2) is 10.6. The maximum absolute atomic E-state index is 13.6. The van der Waals surface area contributed by atoms with Crippen LogP contribution in [0.3, 0.4) is 0 Å². The molecule has 1 aliphatic carbocycles. The molecule has 1 aliphatic heterocycles. The van der Waals surface area contributed by atoms with E-state index < -0.39 is 0 Å². The van der Waals surface area contributed by atoms with Gasteiger partial charge in [0.2, 0.25) is 5.91 Å². The minimum absolute atomic E-state index is 0.0402. The van der Waals surface area contributed by atoms with E-state index in [1.807, 2.05) is 24.0 Å². The van der Waals surface area contributed by atoms with Crippen LogP contribution in [0.15, 0.2) is 16.5 Å². The van der Waals surface area contributed by atoms with E-state index in [1.54, 1.807) is 18.7 Å². The molecule has 9 heteroatoms. The molecule has 1 N–H and O–H groups in total. The van der Waals surface area contributed by atoms with Crippen molar-refractivity contribution < 1.29 is 23.5 Å². The minimum atomic E-state index is -0.375. The van der Waals surface area contributed by atoms with Gasteiger partial charge in [0.05, 0.1) is 18.7 Å². The van der Waals surface area contributed by atoms with E-state index in [0.29, 0.717) is 48.8 Å². The van der Waals surface area contributed by atoms with E-state index in [-0.39, 0.29) is 30.6 Å². The Bertz CT molecular complexity index is 1050. The lowest BCUT2D eigenvalue weighted by Crippen LogP contribution is -2.49. The summed E-state index contributed by atoms with van der Waals surface area (Å²) < 4.78 is 11.1. The maximum atomic E-state index is 13.6. The summed E-state index contributed by atoms with van der Waals surface area (Å²) in [5.41, 5.74) is 1.53. The summed E-state index contributed by atoms with van der Waals surface area (Å²) in [6, 6.07) is 3.46. The third-order valence-corrected chi connectivity index (χ3v) is 7.81. The molecule has 3 heterocycles. The molecular formula is C25H33N3O5S. The number of nitrogens with zero attached hydrogens (tertiary/aromatic N) is 2. The van der Waals surface area contributed by atoms with Crippen molar-refractivity contribution in [2.45, 2.75) is 71.9 Å². The summed E-state index contributed by atoms with van der Waals surface area (Å²) in [6.07, 6.45) is 5.25. The van der Waals surface area contributed by atoms with Gasteiger partial charge in [0.15, 0.2) is 0 Å². The van der Waals surface area contributed by atoms with Crippen molar-refractivity contribution in [1.29, 1.82) is 0 Å². The number of aryl methyl sites for hydroxylation is 2. The highest BCUT2D eigenvalue weighted by atomic mass is 32.1. The van der Waals surface area contributed by atoms with Crippen molar-refractivity contribution in [3.05, 3.63) is 39.7 Å². The van der Waals surface area contributed by atoms with Crippen LogP contribution in [-0.4, -0.2) is 53.4 Å².